The van der Waals surface area contributed by atoms with E-state index in [-0.39, 0.29) is 11.8 Å². The van der Waals surface area contributed by atoms with Gasteiger partial charge in [-0.2, -0.15) is 5.26 Å². The fourth-order valence-corrected chi connectivity index (χ4v) is 2.92. The third-order valence-electron chi connectivity index (χ3n) is 4.28. The van der Waals surface area contributed by atoms with Gasteiger partial charge in [0.15, 0.2) is 0 Å². The van der Waals surface area contributed by atoms with Gasteiger partial charge in [0.05, 0.1) is 6.26 Å². The molecule has 2 aliphatic rings. The third kappa shape index (κ3) is 4.20. The Morgan fingerprint density at radius 2 is 2.08 bits per heavy atom. The molecule has 126 valence electrons. The van der Waals surface area contributed by atoms with Crippen LogP contribution in [0.3, 0.4) is 0 Å². The van der Waals surface area contributed by atoms with Crippen molar-refractivity contribution in [3.8, 4) is 6.07 Å². The van der Waals surface area contributed by atoms with Gasteiger partial charge in [0.25, 0.3) is 0 Å². The molecular formula is C20H25N3O. The number of rotatable bonds is 4. The zero-order valence-electron chi connectivity index (χ0n) is 14.4. The summed E-state index contributed by atoms with van der Waals surface area (Å²) in [4.78, 5) is 2.23. The van der Waals surface area contributed by atoms with Crippen molar-refractivity contribution >= 4 is 0 Å². The van der Waals surface area contributed by atoms with Crippen LogP contribution in [0.5, 0.6) is 0 Å². The Morgan fingerprint density at radius 1 is 1.29 bits per heavy atom. The van der Waals surface area contributed by atoms with Gasteiger partial charge in [0, 0.05) is 24.7 Å². The van der Waals surface area contributed by atoms with Crippen LogP contribution in [-0.2, 0) is 4.74 Å². The monoisotopic (exact) mass is 323 g/mol. The zero-order valence-corrected chi connectivity index (χ0v) is 14.4. The summed E-state index contributed by atoms with van der Waals surface area (Å²) in [5, 5.41) is 9.56. The number of hydrogen-bond acceptors (Lipinski definition) is 4. The van der Waals surface area contributed by atoms with Crippen LogP contribution in [0.4, 0.5) is 0 Å². The van der Waals surface area contributed by atoms with Crippen molar-refractivity contribution in [2.45, 2.75) is 26.7 Å². The summed E-state index contributed by atoms with van der Waals surface area (Å²) in [6.07, 6.45) is 17.7. The first-order valence-electron chi connectivity index (χ1n) is 8.43. The molecular weight excluding hydrogens is 298 g/mol. The number of ether oxygens (including phenoxy) is 1. The third-order valence-corrected chi connectivity index (χ3v) is 4.28. The Hall–Kier alpha value is -2.67. The van der Waals surface area contributed by atoms with E-state index in [1.807, 2.05) is 24.3 Å². The molecule has 0 fully saturated rings. The molecule has 1 unspecified atom stereocenters. The maximum absolute atomic E-state index is 9.56. The van der Waals surface area contributed by atoms with E-state index in [2.05, 4.69) is 43.0 Å². The minimum absolute atomic E-state index is 0.152. The lowest BCUT2D eigenvalue weighted by Crippen LogP contribution is -2.21. The standard InChI is InChI=1S/C20H25N3O/c1-3-23(4-2)17-11-8-12-18(16-9-6-5-7-10-16)19(15-21)20(22)24-14-13-17/h5-6,8-9,11-14,18H,3-4,7,10,22H2,1-2H3/b12-8+,14-13+,17-11+,20-19-. The number of likely N-dealkylation sites (N-methyl/N-ethyl adjacent to an activating group) is 1. The number of allylic oxidation sites excluding steroid dienone is 9. The highest BCUT2D eigenvalue weighted by atomic mass is 16.5. The Bertz CT molecular complexity index is 667. The highest BCUT2D eigenvalue weighted by molar-refractivity contribution is 5.41. The van der Waals surface area contributed by atoms with E-state index in [1.54, 1.807) is 6.26 Å². The summed E-state index contributed by atoms with van der Waals surface area (Å²) in [6.45, 7) is 6.06. The van der Waals surface area contributed by atoms with Crippen LogP contribution in [0.25, 0.3) is 0 Å². The molecule has 0 aromatic heterocycles. The number of nitrogens with two attached hydrogens (primary N) is 1. The van der Waals surface area contributed by atoms with Crippen molar-refractivity contribution in [3.05, 3.63) is 71.5 Å². The molecule has 4 heteroatoms. The number of nitriles is 1. The van der Waals surface area contributed by atoms with Crippen molar-refractivity contribution in [1.82, 2.24) is 4.90 Å². The first-order chi connectivity index (χ1) is 11.7. The van der Waals surface area contributed by atoms with E-state index in [0.29, 0.717) is 5.57 Å². The average molecular weight is 323 g/mol. The molecule has 0 aromatic rings. The summed E-state index contributed by atoms with van der Waals surface area (Å²) in [6, 6.07) is 2.22. The molecule has 0 bridgehead atoms. The predicted octanol–water partition coefficient (Wildman–Crippen LogP) is 3.90. The van der Waals surface area contributed by atoms with Crippen LogP contribution in [0.15, 0.2) is 71.5 Å². The Labute approximate surface area is 144 Å². The normalized spacial score (nSPS) is 28.6. The lowest BCUT2D eigenvalue weighted by Gasteiger charge is -2.23. The van der Waals surface area contributed by atoms with Crippen LogP contribution in [0.2, 0.25) is 0 Å². The Balaban J connectivity index is 2.42. The molecule has 24 heavy (non-hydrogen) atoms. The highest BCUT2D eigenvalue weighted by Crippen LogP contribution is 2.29. The van der Waals surface area contributed by atoms with Gasteiger partial charge in [-0.25, -0.2) is 0 Å². The minimum Gasteiger partial charge on any atom is -0.448 e. The SMILES string of the molecule is CCN(CC)C1=C/C=C/C(C2=CC=CCC2)/C(C#N)=C(/N)O\C=C\1. The number of nitrogens with zero attached hydrogens (tertiary/aromatic N) is 2. The molecule has 1 aliphatic carbocycles. The molecule has 0 saturated carbocycles. The summed E-state index contributed by atoms with van der Waals surface area (Å²) in [7, 11) is 0. The molecule has 0 amide bonds. The second-order valence-electron chi connectivity index (χ2n) is 5.65. The van der Waals surface area contributed by atoms with Gasteiger partial charge in [-0.1, -0.05) is 36.0 Å². The van der Waals surface area contributed by atoms with Crippen LogP contribution in [-0.4, -0.2) is 18.0 Å². The first kappa shape index (κ1) is 17.7. The Morgan fingerprint density at radius 3 is 2.71 bits per heavy atom. The van der Waals surface area contributed by atoms with Gasteiger partial charge in [0.2, 0.25) is 5.88 Å². The minimum atomic E-state index is -0.152. The van der Waals surface area contributed by atoms with Crippen LogP contribution < -0.4 is 5.73 Å². The number of hydrogen-bond donors (Lipinski definition) is 1. The summed E-state index contributed by atoms with van der Waals surface area (Å²) in [5.74, 6) is 0.0142. The molecule has 1 atom stereocenters. The van der Waals surface area contributed by atoms with Crippen molar-refractivity contribution in [2.24, 2.45) is 11.7 Å². The van der Waals surface area contributed by atoms with Gasteiger partial charge in [-0.15, -0.1) is 0 Å². The molecule has 1 aliphatic heterocycles. The van der Waals surface area contributed by atoms with Crippen LogP contribution in [0.1, 0.15) is 26.7 Å². The van der Waals surface area contributed by atoms with E-state index in [1.165, 1.54) is 5.57 Å². The molecule has 0 saturated heterocycles. The van der Waals surface area contributed by atoms with Crippen molar-refractivity contribution in [1.29, 1.82) is 5.26 Å². The van der Waals surface area contributed by atoms with Gasteiger partial charge in [-0.3, -0.25) is 0 Å². The summed E-state index contributed by atoms with van der Waals surface area (Å²) >= 11 is 0. The topological polar surface area (TPSA) is 62.3 Å². The van der Waals surface area contributed by atoms with Crippen LogP contribution in [0, 0.1) is 17.2 Å². The van der Waals surface area contributed by atoms with E-state index < -0.39 is 0 Å². The fourth-order valence-electron chi connectivity index (χ4n) is 2.92. The smallest absolute Gasteiger partial charge is 0.204 e. The van der Waals surface area contributed by atoms with Crippen molar-refractivity contribution < 1.29 is 4.74 Å². The van der Waals surface area contributed by atoms with Gasteiger partial charge >= 0.3 is 0 Å². The zero-order chi connectivity index (χ0) is 17.4. The average Bonchev–Trinajstić information content (AvgIpc) is 2.62. The van der Waals surface area contributed by atoms with E-state index >= 15 is 0 Å². The lowest BCUT2D eigenvalue weighted by molar-refractivity contribution is 0.334. The van der Waals surface area contributed by atoms with Crippen molar-refractivity contribution in [2.75, 3.05) is 13.1 Å². The van der Waals surface area contributed by atoms with Gasteiger partial charge in [0.1, 0.15) is 11.6 Å². The van der Waals surface area contributed by atoms with Gasteiger partial charge < -0.3 is 15.4 Å². The second-order valence-corrected chi connectivity index (χ2v) is 5.65. The molecule has 2 N–H and O–H groups in total. The molecule has 0 aromatic carbocycles. The summed E-state index contributed by atoms with van der Waals surface area (Å²) in [5.41, 5.74) is 8.73. The van der Waals surface area contributed by atoms with E-state index in [0.717, 1.165) is 31.6 Å². The van der Waals surface area contributed by atoms with Crippen molar-refractivity contribution in [3.63, 3.8) is 0 Å². The van der Waals surface area contributed by atoms with E-state index in [9.17, 15) is 5.26 Å². The quantitative estimate of drug-likeness (QED) is 0.852. The Kier molecular flexibility index (Phi) is 6.51. The molecule has 1 heterocycles. The molecule has 0 spiro atoms. The highest BCUT2D eigenvalue weighted by Gasteiger charge is 2.21. The largest absolute Gasteiger partial charge is 0.448 e. The lowest BCUT2D eigenvalue weighted by atomic mass is 9.86. The van der Waals surface area contributed by atoms with Gasteiger partial charge in [-0.05, 0) is 38.8 Å². The summed E-state index contributed by atoms with van der Waals surface area (Å²) < 4.78 is 5.52. The van der Waals surface area contributed by atoms with Crippen LogP contribution >= 0.6 is 0 Å². The molecule has 0 radical (unpaired) electrons. The maximum atomic E-state index is 9.56. The fraction of sp³-hybridized carbons (Fsp3) is 0.350. The first-order valence-corrected chi connectivity index (χ1v) is 8.43. The predicted molar refractivity (Wildman–Crippen MR) is 97.1 cm³/mol. The molecule has 4 nitrogen and oxygen atoms in total. The second kappa shape index (κ2) is 8.83. The maximum Gasteiger partial charge on any atom is 0.204 e. The van der Waals surface area contributed by atoms with E-state index in [4.69, 9.17) is 10.5 Å². The molecule has 2 rings (SSSR count).